The number of aromatic nitrogens is 2. The van der Waals surface area contributed by atoms with Gasteiger partial charge in [-0.05, 0) is 38.3 Å². The van der Waals surface area contributed by atoms with E-state index >= 15 is 0 Å². The summed E-state index contributed by atoms with van der Waals surface area (Å²) >= 11 is 6.01. The molecule has 0 N–H and O–H groups in total. The van der Waals surface area contributed by atoms with Gasteiger partial charge < -0.3 is 4.57 Å². The molecule has 2 aromatic rings. The highest BCUT2D eigenvalue weighted by molar-refractivity contribution is 6.16. The van der Waals surface area contributed by atoms with Gasteiger partial charge in [-0.15, -0.1) is 11.6 Å². The minimum absolute atomic E-state index is 0.236. The van der Waals surface area contributed by atoms with Crippen LogP contribution in [0.25, 0.3) is 11.0 Å². The van der Waals surface area contributed by atoms with Crippen LogP contribution >= 0.6 is 11.6 Å². The molecule has 1 aliphatic rings. The first kappa shape index (κ1) is 10.2. The third kappa shape index (κ3) is 1.29. The maximum Gasteiger partial charge on any atom is 0.125 e. The zero-order chi connectivity index (χ0) is 11.2. The maximum atomic E-state index is 6.01. The van der Waals surface area contributed by atoms with Crippen molar-refractivity contribution in [2.45, 2.75) is 37.6 Å². The first-order valence-electron chi connectivity index (χ1n) is 5.77. The highest BCUT2D eigenvalue weighted by Crippen LogP contribution is 2.41. The minimum Gasteiger partial charge on any atom is -0.321 e. The molecule has 3 heteroatoms. The summed E-state index contributed by atoms with van der Waals surface area (Å²) in [4.78, 5) is 4.61. The molecule has 0 unspecified atom stereocenters. The number of halogens is 1. The number of imidazole rings is 1. The van der Waals surface area contributed by atoms with Crippen LogP contribution in [-0.2, 0) is 11.4 Å². The topological polar surface area (TPSA) is 17.8 Å². The lowest BCUT2D eigenvalue weighted by atomic mass is 9.78. The van der Waals surface area contributed by atoms with Crippen LogP contribution in [0.1, 0.15) is 32.0 Å². The number of hydrogen-bond acceptors (Lipinski definition) is 1. The van der Waals surface area contributed by atoms with Crippen LogP contribution in [0.15, 0.2) is 24.3 Å². The molecular formula is C13H15ClN2. The summed E-state index contributed by atoms with van der Waals surface area (Å²) in [5, 5.41) is 0. The van der Waals surface area contributed by atoms with Crippen LogP contribution in [0.4, 0.5) is 0 Å². The molecule has 0 saturated heterocycles. The number of fused-ring (bicyclic) bond motifs is 1. The molecule has 0 bridgehead atoms. The van der Waals surface area contributed by atoms with Gasteiger partial charge in [0, 0.05) is 5.54 Å². The molecule has 16 heavy (non-hydrogen) atoms. The second kappa shape index (κ2) is 3.49. The summed E-state index contributed by atoms with van der Waals surface area (Å²) in [5.41, 5.74) is 2.52. The average Bonchev–Trinajstić information content (AvgIpc) is 2.64. The number of hydrogen-bond donors (Lipinski definition) is 0. The average molecular weight is 235 g/mol. The SMILES string of the molecule is CC1(n2c(CCl)nc3ccccc32)CCC1. The van der Waals surface area contributed by atoms with Crippen LogP contribution in [0.5, 0.6) is 0 Å². The Labute approximate surface area is 100 Å². The van der Waals surface area contributed by atoms with E-state index in [1.165, 1.54) is 24.8 Å². The van der Waals surface area contributed by atoms with Gasteiger partial charge >= 0.3 is 0 Å². The van der Waals surface area contributed by atoms with Crippen molar-refractivity contribution < 1.29 is 0 Å². The van der Waals surface area contributed by atoms with Crippen LogP contribution in [-0.4, -0.2) is 9.55 Å². The molecule has 3 rings (SSSR count). The van der Waals surface area contributed by atoms with E-state index in [2.05, 4.69) is 34.7 Å². The van der Waals surface area contributed by atoms with E-state index in [-0.39, 0.29) is 5.54 Å². The normalized spacial score (nSPS) is 18.6. The lowest BCUT2D eigenvalue weighted by Crippen LogP contribution is -2.38. The van der Waals surface area contributed by atoms with Crippen molar-refractivity contribution in [2.75, 3.05) is 0 Å². The van der Waals surface area contributed by atoms with Crippen molar-refractivity contribution in [3.63, 3.8) is 0 Å². The van der Waals surface area contributed by atoms with Gasteiger partial charge in [0.2, 0.25) is 0 Å². The van der Waals surface area contributed by atoms with Gasteiger partial charge in [0.25, 0.3) is 0 Å². The van der Waals surface area contributed by atoms with E-state index in [1.807, 2.05) is 6.07 Å². The Morgan fingerprint density at radius 2 is 2.12 bits per heavy atom. The fourth-order valence-corrected chi connectivity index (χ4v) is 2.86. The van der Waals surface area contributed by atoms with Crippen LogP contribution in [0.3, 0.4) is 0 Å². The number of para-hydroxylation sites is 2. The smallest absolute Gasteiger partial charge is 0.125 e. The molecule has 84 valence electrons. The van der Waals surface area contributed by atoms with Crippen LogP contribution in [0, 0.1) is 0 Å². The van der Waals surface area contributed by atoms with Crippen molar-refractivity contribution in [2.24, 2.45) is 0 Å². The Kier molecular flexibility index (Phi) is 2.21. The summed E-state index contributed by atoms with van der Waals surface area (Å²) in [5.74, 6) is 1.50. The molecule has 0 atom stereocenters. The third-order valence-electron chi connectivity index (χ3n) is 3.72. The molecule has 1 aliphatic carbocycles. The van der Waals surface area contributed by atoms with Crippen molar-refractivity contribution >= 4 is 22.6 Å². The van der Waals surface area contributed by atoms with E-state index in [1.54, 1.807) is 0 Å². The van der Waals surface area contributed by atoms with E-state index in [0.29, 0.717) is 5.88 Å². The fourth-order valence-electron chi connectivity index (χ4n) is 2.68. The monoisotopic (exact) mass is 234 g/mol. The third-order valence-corrected chi connectivity index (χ3v) is 3.96. The van der Waals surface area contributed by atoms with Crippen LogP contribution in [0.2, 0.25) is 0 Å². The van der Waals surface area contributed by atoms with E-state index in [9.17, 15) is 0 Å². The van der Waals surface area contributed by atoms with Crippen molar-refractivity contribution in [1.82, 2.24) is 9.55 Å². The quantitative estimate of drug-likeness (QED) is 0.725. The molecular weight excluding hydrogens is 220 g/mol. The Hall–Kier alpha value is -1.02. The second-order valence-electron chi connectivity index (χ2n) is 4.84. The first-order chi connectivity index (χ1) is 7.74. The predicted octanol–water partition coefficient (Wildman–Crippen LogP) is 3.67. The van der Waals surface area contributed by atoms with Crippen molar-refractivity contribution in [3.8, 4) is 0 Å². The number of benzene rings is 1. The van der Waals surface area contributed by atoms with Gasteiger partial charge in [-0.1, -0.05) is 12.1 Å². The van der Waals surface area contributed by atoms with E-state index in [4.69, 9.17) is 11.6 Å². The van der Waals surface area contributed by atoms with Gasteiger partial charge in [0.1, 0.15) is 5.82 Å². The van der Waals surface area contributed by atoms with E-state index < -0.39 is 0 Å². The Balaban J connectivity index is 2.27. The summed E-state index contributed by atoms with van der Waals surface area (Å²) in [6.07, 6.45) is 3.78. The molecule has 1 saturated carbocycles. The maximum absolute atomic E-state index is 6.01. The molecule has 0 radical (unpaired) electrons. The molecule has 1 aromatic heterocycles. The van der Waals surface area contributed by atoms with Gasteiger partial charge in [-0.3, -0.25) is 0 Å². The molecule has 0 amide bonds. The van der Waals surface area contributed by atoms with Gasteiger partial charge in [-0.25, -0.2) is 4.98 Å². The van der Waals surface area contributed by atoms with E-state index in [0.717, 1.165) is 11.3 Å². The molecule has 0 aliphatic heterocycles. The molecule has 0 spiro atoms. The number of nitrogens with zero attached hydrogens (tertiary/aromatic N) is 2. The highest BCUT2D eigenvalue weighted by Gasteiger charge is 2.36. The summed E-state index contributed by atoms with van der Waals surface area (Å²) < 4.78 is 2.35. The predicted molar refractivity (Wildman–Crippen MR) is 66.8 cm³/mol. The molecule has 2 nitrogen and oxygen atoms in total. The highest BCUT2D eigenvalue weighted by atomic mass is 35.5. The Morgan fingerprint density at radius 3 is 2.75 bits per heavy atom. The Morgan fingerprint density at radius 1 is 1.38 bits per heavy atom. The largest absolute Gasteiger partial charge is 0.321 e. The summed E-state index contributed by atoms with van der Waals surface area (Å²) in [7, 11) is 0. The zero-order valence-corrected chi connectivity index (χ0v) is 10.2. The summed E-state index contributed by atoms with van der Waals surface area (Å²) in [6, 6.07) is 8.30. The lowest BCUT2D eigenvalue weighted by Gasteiger charge is -2.41. The molecule has 1 heterocycles. The van der Waals surface area contributed by atoms with Gasteiger partial charge in [0.15, 0.2) is 0 Å². The lowest BCUT2D eigenvalue weighted by molar-refractivity contribution is 0.171. The van der Waals surface area contributed by atoms with Crippen molar-refractivity contribution in [1.29, 1.82) is 0 Å². The standard InChI is InChI=1S/C13H15ClN2/c1-13(7-4-8-13)16-11-6-3-2-5-10(11)15-12(16)9-14/h2-3,5-6H,4,7-9H2,1H3. The fraction of sp³-hybridized carbons (Fsp3) is 0.462. The second-order valence-corrected chi connectivity index (χ2v) is 5.10. The van der Waals surface area contributed by atoms with Crippen LogP contribution < -0.4 is 0 Å². The summed E-state index contributed by atoms with van der Waals surface area (Å²) in [6.45, 7) is 2.31. The first-order valence-corrected chi connectivity index (χ1v) is 6.31. The number of rotatable bonds is 2. The Bertz CT molecular complexity index is 526. The van der Waals surface area contributed by atoms with Crippen molar-refractivity contribution in [3.05, 3.63) is 30.1 Å². The number of alkyl halides is 1. The molecule has 1 fully saturated rings. The minimum atomic E-state index is 0.236. The van der Waals surface area contributed by atoms with Gasteiger partial charge in [0.05, 0.1) is 16.9 Å². The zero-order valence-electron chi connectivity index (χ0n) is 9.41. The van der Waals surface area contributed by atoms with Gasteiger partial charge in [-0.2, -0.15) is 0 Å². The molecule has 1 aromatic carbocycles.